The molecule has 1 aromatic heterocycles. The van der Waals surface area contributed by atoms with Gasteiger partial charge in [-0.05, 0) is 32.1 Å². The topological polar surface area (TPSA) is 37.8 Å². The van der Waals surface area contributed by atoms with Crippen molar-refractivity contribution in [3.8, 4) is 0 Å². The van der Waals surface area contributed by atoms with Crippen molar-refractivity contribution in [3.05, 3.63) is 16.5 Å². The molecule has 4 heteroatoms. The van der Waals surface area contributed by atoms with Gasteiger partial charge in [0.15, 0.2) is 0 Å². The molecule has 0 aliphatic heterocycles. The molecule has 0 radical (unpaired) electrons. The fraction of sp³-hybridized carbons (Fsp3) is 0.765. The molecule has 2 rings (SSSR count). The van der Waals surface area contributed by atoms with Crippen LogP contribution in [0.1, 0.15) is 76.6 Å². The van der Waals surface area contributed by atoms with E-state index in [2.05, 4.69) is 31.1 Å². The van der Waals surface area contributed by atoms with Gasteiger partial charge in [0, 0.05) is 17.5 Å². The molecule has 1 saturated carbocycles. The van der Waals surface area contributed by atoms with Crippen LogP contribution in [0.2, 0.25) is 5.15 Å². The SMILES string of the molecule is CCC(Nc1nc(C(C)C)nc(Cl)c1C)C1CCCCC1. The smallest absolute Gasteiger partial charge is 0.137 e. The van der Waals surface area contributed by atoms with E-state index in [0.29, 0.717) is 17.1 Å². The fourth-order valence-corrected chi connectivity index (χ4v) is 3.35. The number of nitrogens with zero attached hydrogens (tertiary/aromatic N) is 2. The predicted molar refractivity (Wildman–Crippen MR) is 90.1 cm³/mol. The number of rotatable bonds is 5. The van der Waals surface area contributed by atoms with Crippen LogP contribution in [0.5, 0.6) is 0 Å². The fourth-order valence-electron chi connectivity index (χ4n) is 3.17. The van der Waals surface area contributed by atoms with E-state index < -0.39 is 0 Å². The van der Waals surface area contributed by atoms with Gasteiger partial charge in [0.1, 0.15) is 16.8 Å². The molecule has 21 heavy (non-hydrogen) atoms. The maximum atomic E-state index is 6.28. The van der Waals surface area contributed by atoms with Crippen LogP contribution in [0, 0.1) is 12.8 Å². The second-order valence-electron chi connectivity index (χ2n) is 6.56. The first-order valence-corrected chi connectivity index (χ1v) is 8.71. The Morgan fingerprint density at radius 2 is 1.86 bits per heavy atom. The van der Waals surface area contributed by atoms with Crippen molar-refractivity contribution in [1.29, 1.82) is 0 Å². The van der Waals surface area contributed by atoms with Crippen LogP contribution in [0.3, 0.4) is 0 Å². The summed E-state index contributed by atoms with van der Waals surface area (Å²) in [5, 5.41) is 4.25. The van der Waals surface area contributed by atoms with Gasteiger partial charge in [-0.2, -0.15) is 0 Å². The highest BCUT2D eigenvalue weighted by molar-refractivity contribution is 6.30. The van der Waals surface area contributed by atoms with Gasteiger partial charge in [-0.15, -0.1) is 0 Å². The quantitative estimate of drug-likeness (QED) is 0.747. The average molecular weight is 310 g/mol. The highest BCUT2D eigenvalue weighted by atomic mass is 35.5. The number of hydrogen-bond donors (Lipinski definition) is 1. The lowest BCUT2D eigenvalue weighted by Crippen LogP contribution is -2.31. The number of aromatic nitrogens is 2. The molecule has 1 N–H and O–H groups in total. The molecule has 1 aliphatic carbocycles. The molecule has 3 nitrogen and oxygen atoms in total. The lowest BCUT2D eigenvalue weighted by atomic mass is 9.83. The third kappa shape index (κ3) is 4.09. The van der Waals surface area contributed by atoms with Crippen molar-refractivity contribution in [2.24, 2.45) is 5.92 Å². The third-order valence-corrected chi connectivity index (χ3v) is 4.97. The van der Waals surface area contributed by atoms with Gasteiger partial charge in [-0.3, -0.25) is 0 Å². The first kappa shape index (κ1) is 16.5. The molecule has 1 unspecified atom stereocenters. The van der Waals surface area contributed by atoms with E-state index in [-0.39, 0.29) is 0 Å². The van der Waals surface area contributed by atoms with E-state index in [1.165, 1.54) is 32.1 Å². The monoisotopic (exact) mass is 309 g/mol. The summed E-state index contributed by atoms with van der Waals surface area (Å²) in [5.41, 5.74) is 0.968. The van der Waals surface area contributed by atoms with Crippen molar-refractivity contribution >= 4 is 17.4 Å². The molecule has 0 amide bonds. The Kier molecular flexibility index (Phi) is 5.86. The van der Waals surface area contributed by atoms with Gasteiger partial charge < -0.3 is 5.32 Å². The Labute approximate surface area is 133 Å². The maximum absolute atomic E-state index is 6.28. The van der Waals surface area contributed by atoms with Crippen LogP contribution in [-0.2, 0) is 0 Å². The average Bonchev–Trinajstić information content (AvgIpc) is 2.49. The van der Waals surface area contributed by atoms with Crippen molar-refractivity contribution in [2.45, 2.75) is 78.2 Å². The number of halogens is 1. The van der Waals surface area contributed by atoms with E-state index in [1.807, 2.05) is 6.92 Å². The molecule has 0 bridgehead atoms. The molecule has 0 spiro atoms. The Bertz CT molecular complexity index is 467. The number of hydrogen-bond acceptors (Lipinski definition) is 3. The van der Waals surface area contributed by atoms with Crippen LogP contribution in [0.25, 0.3) is 0 Å². The second kappa shape index (κ2) is 7.44. The summed E-state index contributed by atoms with van der Waals surface area (Å²) in [6, 6.07) is 0.495. The van der Waals surface area contributed by atoms with E-state index in [9.17, 15) is 0 Å². The highest BCUT2D eigenvalue weighted by Crippen LogP contribution is 2.31. The highest BCUT2D eigenvalue weighted by Gasteiger charge is 2.23. The molecule has 1 fully saturated rings. The summed E-state index contributed by atoms with van der Waals surface area (Å²) in [5.74, 6) is 2.81. The number of anilines is 1. The van der Waals surface area contributed by atoms with Crippen molar-refractivity contribution in [3.63, 3.8) is 0 Å². The van der Waals surface area contributed by atoms with E-state index >= 15 is 0 Å². The normalized spacial score (nSPS) is 18.0. The summed E-state index contributed by atoms with van der Waals surface area (Å²) < 4.78 is 0. The zero-order valence-electron chi connectivity index (χ0n) is 13.7. The van der Waals surface area contributed by atoms with Crippen molar-refractivity contribution in [2.75, 3.05) is 5.32 Å². The first-order chi connectivity index (χ1) is 10.0. The Balaban J connectivity index is 2.19. The summed E-state index contributed by atoms with van der Waals surface area (Å²) in [7, 11) is 0. The molecule has 118 valence electrons. The molecular formula is C17H28ClN3. The first-order valence-electron chi connectivity index (χ1n) is 8.33. The zero-order valence-corrected chi connectivity index (χ0v) is 14.5. The Hall–Kier alpha value is -0.830. The van der Waals surface area contributed by atoms with Crippen LogP contribution in [0.4, 0.5) is 5.82 Å². The molecule has 1 heterocycles. The zero-order chi connectivity index (χ0) is 15.4. The van der Waals surface area contributed by atoms with Crippen LogP contribution >= 0.6 is 11.6 Å². The van der Waals surface area contributed by atoms with Gasteiger partial charge in [-0.1, -0.05) is 51.6 Å². The standard InChI is InChI=1S/C17H28ClN3/c1-5-14(13-9-7-6-8-10-13)19-17-12(4)15(18)20-16(21-17)11(2)3/h11,13-14H,5-10H2,1-4H3,(H,19,20,21). The van der Waals surface area contributed by atoms with Gasteiger partial charge in [0.05, 0.1) is 0 Å². The summed E-state index contributed by atoms with van der Waals surface area (Å²) >= 11 is 6.28. The van der Waals surface area contributed by atoms with Gasteiger partial charge in [0.25, 0.3) is 0 Å². The van der Waals surface area contributed by atoms with E-state index in [0.717, 1.165) is 29.5 Å². The van der Waals surface area contributed by atoms with Crippen LogP contribution < -0.4 is 5.32 Å². The number of nitrogens with one attached hydrogen (secondary N) is 1. The van der Waals surface area contributed by atoms with Crippen LogP contribution in [-0.4, -0.2) is 16.0 Å². The van der Waals surface area contributed by atoms with Crippen molar-refractivity contribution < 1.29 is 0 Å². The molecule has 1 aliphatic rings. The largest absolute Gasteiger partial charge is 0.367 e. The van der Waals surface area contributed by atoms with Gasteiger partial charge in [-0.25, -0.2) is 9.97 Å². The summed E-state index contributed by atoms with van der Waals surface area (Å²) in [6.07, 6.45) is 7.92. The second-order valence-corrected chi connectivity index (χ2v) is 6.92. The lowest BCUT2D eigenvalue weighted by Gasteiger charge is -2.31. The molecule has 0 aromatic carbocycles. The maximum Gasteiger partial charge on any atom is 0.137 e. The van der Waals surface area contributed by atoms with Crippen molar-refractivity contribution in [1.82, 2.24) is 9.97 Å². The molecule has 1 aromatic rings. The van der Waals surface area contributed by atoms with Crippen LogP contribution in [0.15, 0.2) is 0 Å². The Morgan fingerprint density at radius 1 is 1.19 bits per heavy atom. The minimum atomic E-state index is 0.290. The Morgan fingerprint density at radius 3 is 2.43 bits per heavy atom. The lowest BCUT2D eigenvalue weighted by molar-refractivity contribution is 0.312. The molecular weight excluding hydrogens is 282 g/mol. The minimum Gasteiger partial charge on any atom is -0.367 e. The van der Waals surface area contributed by atoms with E-state index in [1.54, 1.807) is 0 Å². The van der Waals surface area contributed by atoms with Gasteiger partial charge in [0.2, 0.25) is 0 Å². The minimum absolute atomic E-state index is 0.290. The predicted octanol–water partition coefficient (Wildman–Crippen LogP) is 5.33. The van der Waals surface area contributed by atoms with Gasteiger partial charge >= 0.3 is 0 Å². The molecule has 0 saturated heterocycles. The molecule has 1 atom stereocenters. The third-order valence-electron chi connectivity index (χ3n) is 4.60. The summed E-state index contributed by atoms with van der Waals surface area (Å²) in [4.78, 5) is 9.10. The van der Waals surface area contributed by atoms with E-state index in [4.69, 9.17) is 16.6 Å². The summed E-state index contributed by atoms with van der Waals surface area (Å²) in [6.45, 7) is 8.46.